The van der Waals surface area contributed by atoms with Crippen LogP contribution in [0.3, 0.4) is 0 Å². The first-order valence-electron chi connectivity index (χ1n) is 8.75. The molecule has 27 heavy (non-hydrogen) atoms. The number of carbonyl (C=O) groups is 1. The Labute approximate surface area is 168 Å². The third-order valence-electron chi connectivity index (χ3n) is 4.27. The summed E-state index contributed by atoms with van der Waals surface area (Å²) in [6.07, 6.45) is 0. The molecule has 3 aromatic rings. The highest BCUT2D eigenvalue weighted by atomic mass is 35.5. The van der Waals surface area contributed by atoms with Crippen LogP contribution < -0.4 is 10.2 Å². The summed E-state index contributed by atoms with van der Waals surface area (Å²) in [6, 6.07) is 15.8. The van der Waals surface area contributed by atoms with Crippen molar-refractivity contribution in [2.24, 2.45) is 0 Å². The van der Waals surface area contributed by atoms with Gasteiger partial charge >= 0.3 is 0 Å². The molecule has 0 fully saturated rings. The monoisotopic (exact) mass is 399 g/mol. The summed E-state index contributed by atoms with van der Waals surface area (Å²) in [6.45, 7) is 6.24. The number of nitrogens with one attached hydrogen (secondary N) is 1. The third kappa shape index (κ3) is 4.75. The molecule has 6 heteroatoms. The molecular formula is C21H22ClN3OS. The van der Waals surface area contributed by atoms with E-state index in [0.29, 0.717) is 11.7 Å². The summed E-state index contributed by atoms with van der Waals surface area (Å²) in [5.41, 5.74) is 3.89. The summed E-state index contributed by atoms with van der Waals surface area (Å²) < 4.78 is 0. The normalized spacial score (nSPS) is 12.0. The number of carbonyl (C=O) groups excluding carboxylic acids is 1. The number of aromatic nitrogens is 1. The van der Waals surface area contributed by atoms with Gasteiger partial charge < -0.3 is 5.32 Å². The van der Waals surface area contributed by atoms with E-state index in [9.17, 15) is 4.79 Å². The van der Waals surface area contributed by atoms with Crippen LogP contribution in [-0.4, -0.2) is 10.9 Å². The zero-order valence-corrected chi connectivity index (χ0v) is 17.1. The lowest BCUT2D eigenvalue weighted by molar-refractivity contribution is -0.115. The second-order valence-corrected chi connectivity index (χ2v) is 7.68. The zero-order valence-electron chi connectivity index (χ0n) is 15.6. The average Bonchev–Trinajstić information content (AvgIpc) is 3.08. The van der Waals surface area contributed by atoms with Crippen LogP contribution in [0.25, 0.3) is 0 Å². The van der Waals surface area contributed by atoms with Gasteiger partial charge in [0.2, 0.25) is 5.91 Å². The van der Waals surface area contributed by atoms with Gasteiger partial charge in [-0.3, -0.25) is 9.69 Å². The van der Waals surface area contributed by atoms with E-state index in [1.807, 2.05) is 60.8 Å². The van der Waals surface area contributed by atoms with Crippen molar-refractivity contribution < 1.29 is 4.79 Å². The first kappa shape index (κ1) is 19.5. The van der Waals surface area contributed by atoms with Gasteiger partial charge in [0, 0.05) is 29.9 Å². The topological polar surface area (TPSA) is 45.2 Å². The van der Waals surface area contributed by atoms with Crippen LogP contribution in [0.5, 0.6) is 0 Å². The van der Waals surface area contributed by atoms with Crippen molar-refractivity contribution in [1.82, 2.24) is 10.3 Å². The van der Waals surface area contributed by atoms with Crippen LogP contribution in [0, 0.1) is 6.92 Å². The van der Waals surface area contributed by atoms with E-state index >= 15 is 0 Å². The Bertz CT molecular complexity index is 940. The molecular weight excluding hydrogens is 378 g/mol. The minimum Gasteiger partial charge on any atom is -0.304 e. The molecule has 0 unspecified atom stereocenters. The summed E-state index contributed by atoms with van der Waals surface area (Å²) in [5.74, 6) is -0.0566. The van der Waals surface area contributed by atoms with Gasteiger partial charge in [-0.05, 0) is 43.2 Å². The molecule has 1 heterocycles. The van der Waals surface area contributed by atoms with Gasteiger partial charge in [-0.25, -0.2) is 4.98 Å². The van der Waals surface area contributed by atoms with E-state index in [1.165, 1.54) is 11.3 Å². The molecule has 4 nitrogen and oxygen atoms in total. The van der Waals surface area contributed by atoms with E-state index in [-0.39, 0.29) is 11.9 Å². The van der Waals surface area contributed by atoms with E-state index in [1.54, 1.807) is 11.8 Å². The van der Waals surface area contributed by atoms with E-state index < -0.39 is 0 Å². The molecule has 2 aromatic carbocycles. The number of thiazole rings is 1. The molecule has 0 bridgehead atoms. The number of nitrogens with zero attached hydrogens (tertiary/aromatic N) is 2. The van der Waals surface area contributed by atoms with Gasteiger partial charge in [0.15, 0.2) is 5.13 Å². The summed E-state index contributed by atoms with van der Waals surface area (Å²) in [7, 11) is 0. The van der Waals surface area contributed by atoms with Crippen LogP contribution in [0.2, 0.25) is 5.02 Å². The average molecular weight is 400 g/mol. The number of anilines is 2. The molecule has 1 amide bonds. The van der Waals surface area contributed by atoms with Crippen molar-refractivity contribution in [1.29, 1.82) is 0 Å². The highest BCUT2D eigenvalue weighted by Crippen LogP contribution is 2.30. The minimum absolute atomic E-state index is 0.0566. The lowest BCUT2D eigenvalue weighted by Gasteiger charge is -2.18. The van der Waals surface area contributed by atoms with E-state index in [0.717, 1.165) is 27.5 Å². The maximum atomic E-state index is 12.2. The maximum Gasteiger partial charge on any atom is 0.230 e. The van der Waals surface area contributed by atoms with Crippen molar-refractivity contribution in [3.8, 4) is 0 Å². The molecule has 0 saturated carbocycles. The number of hydrogen-bond donors (Lipinski definition) is 1. The van der Waals surface area contributed by atoms with Gasteiger partial charge in [-0.1, -0.05) is 41.9 Å². The van der Waals surface area contributed by atoms with Crippen molar-refractivity contribution in [3.63, 3.8) is 0 Å². The number of rotatable bonds is 6. The standard InChI is InChI=1S/C21H22ClN3OS/c1-14-7-6-8-18(11-14)25(16(3)26)21-24-17(13-27-21)12-23-15(2)19-9-4-5-10-20(19)22/h4-11,13,15,23H,12H2,1-3H3/t15-/m1/s1. The van der Waals surface area contributed by atoms with E-state index in [4.69, 9.17) is 11.6 Å². The predicted octanol–water partition coefficient (Wildman–Crippen LogP) is 5.64. The number of amides is 1. The van der Waals surface area contributed by atoms with Gasteiger partial charge in [-0.2, -0.15) is 0 Å². The van der Waals surface area contributed by atoms with Crippen LogP contribution in [0.15, 0.2) is 53.9 Å². The molecule has 1 atom stereocenters. The number of aryl methyl sites for hydroxylation is 1. The minimum atomic E-state index is -0.0566. The molecule has 0 aliphatic rings. The first-order valence-corrected chi connectivity index (χ1v) is 10.0. The third-order valence-corrected chi connectivity index (χ3v) is 5.49. The van der Waals surface area contributed by atoms with Gasteiger partial charge in [0.25, 0.3) is 0 Å². The second kappa shape index (κ2) is 8.65. The van der Waals surface area contributed by atoms with Gasteiger partial charge in [-0.15, -0.1) is 11.3 Å². The first-order chi connectivity index (χ1) is 13.0. The molecule has 1 aromatic heterocycles. The molecule has 0 aliphatic carbocycles. The largest absolute Gasteiger partial charge is 0.304 e. The van der Waals surface area contributed by atoms with Crippen molar-refractivity contribution in [2.45, 2.75) is 33.4 Å². The van der Waals surface area contributed by atoms with Gasteiger partial charge in [0.05, 0.1) is 11.4 Å². The second-order valence-electron chi connectivity index (χ2n) is 6.44. The molecule has 1 N–H and O–H groups in total. The Morgan fingerprint density at radius 1 is 1.26 bits per heavy atom. The van der Waals surface area contributed by atoms with Crippen LogP contribution >= 0.6 is 22.9 Å². The van der Waals surface area contributed by atoms with E-state index in [2.05, 4.69) is 17.2 Å². The number of benzene rings is 2. The maximum absolute atomic E-state index is 12.2. The quantitative estimate of drug-likeness (QED) is 0.583. The zero-order chi connectivity index (χ0) is 19.4. The summed E-state index contributed by atoms with van der Waals surface area (Å²) in [4.78, 5) is 18.5. The predicted molar refractivity (Wildman–Crippen MR) is 113 cm³/mol. The SMILES string of the molecule is CC(=O)N(c1cccc(C)c1)c1nc(CN[C@H](C)c2ccccc2Cl)cs1. The summed E-state index contributed by atoms with van der Waals surface area (Å²) in [5, 5.41) is 6.85. The molecule has 0 saturated heterocycles. The highest BCUT2D eigenvalue weighted by molar-refractivity contribution is 7.14. The molecule has 140 valence electrons. The fourth-order valence-corrected chi connectivity index (χ4v) is 4.05. The van der Waals surface area contributed by atoms with Crippen LogP contribution in [0.1, 0.15) is 36.7 Å². The van der Waals surface area contributed by atoms with Crippen LogP contribution in [0.4, 0.5) is 10.8 Å². The Morgan fingerprint density at radius 2 is 2.04 bits per heavy atom. The lowest BCUT2D eigenvalue weighted by Crippen LogP contribution is -2.23. The molecule has 0 radical (unpaired) electrons. The molecule has 3 rings (SSSR count). The molecule has 0 spiro atoms. The number of halogens is 1. The fourth-order valence-electron chi connectivity index (χ4n) is 2.87. The van der Waals surface area contributed by atoms with Crippen molar-refractivity contribution >= 4 is 39.7 Å². The fraction of sp³-hybridized carbons (Fsp3) is 0.238. The van der Waals surface area contributed by atoms with Crippen molar-refractivity contribution in [3.05, 3.63) is 75.8 Å². The molecule has 0 aliphatic heterocycles. The number of hydrogen-bond acceptors (Lipinski definition) is 4. The summed E-state index contributed by atoms with van der Waals surface area (Å²) >= 11 is 7.73. The Kier molecular flexibility index (Phi) is 6.26. The Balaban J connectivity index is 1.73. The highest BCUT2D eigenvalue weighted by Gasteiger charge is 2.18. The van der Waals surface area contributed by atoms with Gasteiger partial charge in [0.1, 0.15) is 0 Å². The Hall–Kier alpha value is -2.21. The van der Waals surface area contributed by atoms with Crippen LogP contribution in [-0.2, 0) is 11.3 Å². The Morgan fingerprint density at radius 3 is 2.74 bits per heavy atom. The smallest absolute Gasteiger partial charge is 0.230 e. The lowest BCUT2D eigenvalue weighted by atomic mass is 10.1. The van der Waals surface area contributed by atoms with Crippen molar-refractivity contribution in [2.75, 3.05) is 4.90 Å².